The molecule has 42 valence electrons. The number of unbranched alkanes of at least 4 members (excludes halogenated alkanes) is 1. The van der Waals surface area contributed by atoms with Gasteiger partial charge in [-0.25, -0.2) is 0 Å². The standard InChI is InChI=1S/C5H12N2/c6-4-2-1-3-5-7/h2,4H,1,3,5-7H2/b4-2+. The zero-order valence-corrected chi connectivity index (χ0v) is 4.43. The van der Waals surface area contributed by atoms with Crippen molar-refractivity contribution >= 4 is 0 Å². The molecule has 0 amide bonds. The van der Waals surface area contributed by atoms with E-state index in [1.807, 2.05) is 6.08 Å². The Morgan fingerprint density at radius 2 is 2.14 bits per heavy atom. The van der Waals surface area contributed by atoms with Crippen LogP contribution in [0.4, 0.5) is 0 Å². The summed E-state index contributed by atoms with van der Waals surface area (Å²) in [6.45, 7) is 0.754. The molecule has 0 atom stereocenters. The van der Waals surface area contributed by atoms with Crippen LogP contribution in [0.1, 0.15) is 12.8 Å². The summed E-state index contributed by atoms with van der Waals surface area (Å²) in [5.74, 6) is 0. The van der Waals surface area contributed by atoms with Crippen LogP contribution in [-0.4, -0.2) is 6.54 Å². The molecule has 0 aliphatic carbocycles. The Hall–Kier alpha value is -0.500. The van der Waals surface area contributed by atoms with E-state index in [1.165, 1.54) is 0 Å². The van der Waals surface area contributed by atoms with Crippen molar-refractivity contribution in [3.05, 3.63) is 12.3 Å². The second-order valence-electron chi connectivity index (χ2n) is 1.36. The lowest BCUT2D eigenvalue weighted by atomic mass is 10.3. The monoisotopic (exact) mass is 100 g/mol. The zero-order valence-electron chi connectivity index (χ0n) is 4.43. The molecule has 0 saturated carbocycles. The van der Waals surface area contributed by atoms with Crippen LogP contribution in [0.25, 0.3) is 0 Å². The molecule has 0 heterocycles. The van der Waals surface area contributed by atoms with Crippen molar-refractivity contribution in [3.63, 3.8) is 0 Å². The van der Waals surface area contributed by atoms with Gasteiger partial charge < -0.3 is 11.5 Å². The van der Waals surface area contributed by atoms with Gasteiger partial charge in [-0.15, -0.1) is 0 Å². The van der Waals surface area contributed by atoms with Crippen molar-refractivity contribution in [2.45, 2.75) is 12.8 Å². The fourth-order valence-corrected chi connectivity index (χ4v) is 0.332. The van der Waals surface area contributed by atoms with Gasteiger partial charge in [-0.1, -0.05) is 6.08 Å². The molecule has 0 aromatic rings. The Balaban J connectivity index is 2.69. The first kappa shape index (κ1) is 6.50. The van der Waals surface area contributed by atoms with Crippen molar-refractivity contribution in [3.8, 4) is 0 Å². The molecule has 0 bridgehead atoms. The number of hydrogen-bond donors (Lipinski definition) is 2. The Morgan fingerprint density at radius 1 is 1.43 bits per heavy atom. The van der Waals surface area contributed by atoms with Gasteiger partial charge in [-0.3, -0.25) is 0 Å². The number of rotatable bonds is 3. The van der Waals surface area contributed by atoms with Crippen LogP contribution in [0.5, 0.6) is 0 Å². The molecule has 7 heavy (non-hydrogen) atoms. The lowest BCUT2D eigenvalue weighted by Gasteiger charge is -1.84. The molecule has 0 aromatic heterocycles. The Bertz CT molecular complexity index is 50.0. The molecule has 0 rings (SSSR count). The minimum Gasteiger partial charge on any atom is -0.405 e. The summed E-state index contributed by atoms with van der Waals surface area (Å²) < 4.78 is 0. The van der Waals surface area contributed by atoms with Gasteiger partial charge in [0.1, 0.15) is 0 Å². The Morgan fingerprint density at radius 3 is 2.57 bits per heavy atom. The Kier molecular flexibility index (Phi) is 5.11. The first-order chi connectivity index (χ1) is 3.41. The van der Waals surface area contributed by atoms with Crippen molar-refractivity contribution < 1.29 is 0 Å². The molecule has 0 aromatic carbocycles. The second-order valence-corrected chi connectivity index (χ2v) is 1.36. The number of allylic oxidation sites excluding steroid dienone is 1. The van der Waals surface area contributed by atoms with Crippen LogP contribution in [0, 0.1) is 0 Å². The maximum absolute atomic E-state index is 5.19. The van der Waals surface area contributed by atoms with Crippen LogP contribution < -0.4 is 11.5 Å². The third kappa shape index (κ3) is 5.50. The predicted molar refractivity (Wildman–Crippen MR) is 31.6 cm³/mol. The number of hydrogen-bond acceptors (Lipinski definition) is 2. The van der Waals surface area contributed by atoms with E-state index >= 15 is 0 Å². The minimum atomic E-state index is 0.754. The van der Waals surface area contributed by atoms with Crippen LogP contribution in [-0.2, 0) is 0 Å². The van der Waals surface area contributed by atoms with Crippen LogP contribution in [0.15, 0.2) is 12.3 Å². The quantitative estimate of drug-likeness (QED) is 0.498. The summed E-state index contributed by atoms with van der Waals surface area (Å²) in [6.07, 6.45) is 5.50. The van der Waals surface area contributed by atoms with Crippen molar-refractivity contribution in [2.24, 2.45) is 11.5 Å². The minimum absolute atomic E-state index is 0.754. The topological polar surface area (TPSA) is 52.0 Å². The third-order valence-electron chi connectivity index (χ3n) is 0.711. The summed E-state index contributed by atoms with van der Waals surface area (Å²) in [5, 5.41) is 0. The average molecular weight is 100 g/mol. The summed E-state index contributed by atoms with van der Waals surface area (Å²) in [5.41, 5.74) is 10.2. The third-order valence-corrected chi connectivity index (χ3v) is 0.711. The molecule has 0 aliphatic heterocycles. The van der Waals surface area contributed by atoms with E-state index in [1.54, 1.807) is 6.20 Å². The fraction of sp³-hybridized carbons (Fsp3) is 0.600. The first-order valence-corrected chi connectivity index (χ1v) is 2.48. The summed E-state index contributed by atoms with van der Waals surface area (Å²) in [7, 11) is 0. The molecule has 4 N–H and O–H groups in total. The lowest BCUT2D eigenvalue weighted by molar-refractivity contribution is 0.854. The van der Waals surface area contributed by atoms with Crippen LogP contribution in [0.2, 0.25) is 0 Å². The van der Waals surface area contributed by atoms with Gasteiger partial charge in [0.15, 0.2) is 0 Å². The molecule has 0 spiro atoms. The Labute approximate surface area is 44.2 Å². The molecular weight excluding hydrogens is 88.1 g/mol. The largest absolute Gasteiger partial charge is 0.405 e. The molecule has 2 heteroatoms. The van der Waals surface area contributed by atoms with Gasteiger partial charge in [0, 0.05) is 0 Å². The first-order valence-electron chi connectivity index (χ1n) is 2.48. The summed E-state index contributed by atoms with van der Waals surface area (Å²) in [4.78, 5) is 0. The second kappa shape index (κ2) is 5.50. The van der Waals surface area contributed by atoms with Crippen LogP contribution >= 0.6 is 0 Å². The smallest absolute Gasteiger partial charge is 0.00743 e. The molecule has 0 saturated heterocycles. The van der Waals surface area contributed by atoms with E-state index in [4.69, 9.17) is 11.5 Å². The lowest BCUT2D eigenvalue weighted by Crippen LogP contribution is -1.96. The number of nitrogens with two attached hydrogens (primary N) is 2. The molecule has 0 radical (unpaired) electrons. The molecule has 0 aliphatic rings. The fourth-order valence-electron chi connectivity index (χ4n) is 0.332. The molecule has 2 nitrogen and oxygen atoms in total. The zero-order chi connectivity index (χ0) is 5.54. The average Bonchev–Trinajstić information content (AvgIpc) is 1.69. The highest BCUT2D eigenvalue weighted by molar-refractivity contribution is 4.74. The van der Waals surface area contributed by atoms with Gasteiger partial charge >= 0.3 is 0 Å². The van der Waals surface area contributed by atoms with E-state index < -0.39 is 0 Å². The van der Waals surface area contributed by atoms with E-state index in [0.29, 0.717) is 0 Å². The maximum Gasteiger partial charge on any atom is -0.00743 e. The van der Waals surface area contributed by atoms with Crippen molar-refractivity contribution in [1.29, 1.82) is 0 Å². The molecular formula is C5H12N2. The summed E-state index contributed by atoms with van der Waals surface area (Å²) >= 11 is 0. The molecule has 0 fully saturated rings. The van der Waals surface area contributed by atoms with Gasteiger partial charge in [0.05, 0.1) is 0 Å². The van der Waals surface area contributed by atoms with E-state index in [9.17, 15) is 0 Å². The van der Waals surface area contributed by atoms with E-state index in [-0.39, 0.29) is 0 Å². The SMILES string of the molecule is N/C=C/CCCN. The van der Waals surface area contributed by atoms with Crippen molar-refractivity contribution in [1.82, 2.24) is 0 Å². The van der Waals surface area contributed by atoms with Gasteiger partial charge in [0.25, 0.3) is 0 Å². The van der Waals surface area contributed by atoms with Crippen LogP contribution in [0.3, 0.4) is 0 Å². The van der Waals surface area contributed by atoms with Crippen molar-refractivity contribution in [2.75, 3.05) is 6.54 Å². The normalized spacial score (nSPS) is 10.4. The highest BCUT2D eigenvalue weighted by atomic mass is 14.5. The highest BCUT2D eigenvalue weighted by Gasteiger charge is 1.73. The van der Waals surface area contributed by atoms with E-state index in [2.05, 4.69) is 0 Å². The van der Waals surface area contributed by atoms with Gasteiger partial charge in [0.2, 0.25) is 0 Å². The van der Waals surface area contributed by atoms with Gasteiger partial charge in [-0.05, 0) is 25.6 Å². The predicted octanol–water partition coefficient (Wildman–Crippen LogP) is 0.198. The molecule has 0 unspecified atom stereocenters. The van der Waals surface area contributed by atoms with Gasteiger partial charge in [-0.2, -0.15) is 0 Å². The van der Waals surface area contributed by atoms with E-state index in [0.717, 1.165) is 19.4 Å². The summed E-state index contributed by atoms with van der Waals surface area (Å²) in [6, 6.07) is 0. The maximum atomic E-state index is 5.19. The highest BCUT2D eigenvalue weighted by Crippen LogP contribution is 1.83.